The number of nitrogens with one attached hydrogen (secondary N) is 3. The van der Waals surface area contributed by atoms with Gasteiger partial charge in [-0.3, -0.25) is 14.5 Å². The highest BCUT2D eigenvalue weighted by atomic mass is 32.2. The van der Waals surface area contributed by atoms with Crippen LogP contribution >= 0.6 is 0 Å². The molecule has 0 unspecified atom stereocenters. The van der Waals surface area contributed by atoms with Crippen molar-refractivity contribution in [2.45, 2.75) is 5.75 Å². The van der Waals surface area contributed by atoms with Crippen LogP contribution in [-0.2, 0) is 25.3 Å². The number of carbonyl (C=O) groups is 1. The third kappa shape index (κ3) is 7.45. The molecule has 3 aromatic heterocycles. The van der Waals surface area contributed by atoms with Crippen LogP contribution in [0.15, 0.2) is 67.1 Å². The summed E-state index contributed by atoms with van der Waals surface area (Å²) in [5.41, 5.74) is 3.75. The van der Waals surface area contributed by atoms with E-state index in [1.807, 2.05) is 37.2 Å². The van der Waals surface area contributed by atoms with E-state index in [2.05, 4.69) is 34.9 Å². The average Bonchev–Trinajstić information content (AvgIpc) is 3.39. The summed E-state index contributed by atoms with van der Waals surface area (Å²) in [4.78, 5) is 32.5. The summed E-state index contributed by atoms with van der Waals surface area (Å²) in [6.45, 7) is 3.51. The first kappa shape index (κ1) is 28.2. The third-order valence-corrected chi connectivity index (χ3v) is 7.58. The van der Waals surface area contributed by atoms with Crippen LogP contribution < -0.4 is 14.9 Å². The Bertz CT molecular complexity index is 1630. The number of aromatic nitrogens is 4. The molecule has 1 aromatic carbocycles. The van der Waals surface area contributed by atoms with Crippen molar-refractivity contribution in [2.24, 2.45) is 0 Å². The minimum absolute atomic E-state index is 0.281. The van der Waals surface area contributed by atoms with Gasteiger partial charge in [0.15, 0.2) is 0 Å². The lowest BCUT2D eigenvalue weighted by molar-refractivity contribution is -0.111. The molecule has 0 radical (unpaired) electrons. The van der Waals surface area contributed by atoms with E-state index in [-0.39, 0.29) is 11.7 Å². The molecule has 0 saturated carbocycles. The Morgan fingerprint density at radius 3 is 2.54 bits per heavy atom. The largest absolute Gasteiger partial charge is 0.378 e. The molecule has 0 atom stereocenters. The summed E-state index contributed by atoms with van der Waals surface area (Å²) in [5, 5.41) is 3.63. The lowest BCUT2D eigenvalue weighted by atomic mass is 10.1. The van der Waals surface area contributed by atoms with Crippen LogP contribution in [0.1, 0.15) is 5.69 Å². The molecule has 4 aromatic rings. The Hall–Kier alpha value is -4.33. The molecule has 12 nitrogen and oxygen atoms in total. The highest BCUT2D eigenvalue weighted by molar-refractivity contribution is 7.91. The number of benzene rings is 1. The van der Waals surface area contributed by atoms with Crippen molar-refractivity contribution in [1.82, 2.24) is 24.8 Å². The lowest BCUT2D eigenvalue weighted by Gasteiger charge is -2.27. The van der Waals surface area contributed by atoms with Gasteiger partial charge in [0, 0.05) is 37.1 Å². The molecule has 1 fully saturated rings. The van der Waals surface area contributed by atoms with Crippen molar-refractivity contribution < 1.29 is 17.9 Å². The van der Waals surface area contributed by atoms with Gasteiger partial charge in [-0.2, -0.15) is 0 Å². The standard InChI is InChI=1S/C28H32N8O4S/c1-35(2)11-3-4-26(37)32-22-9-10-23(29-17-22)18-41(38,39)34-21-7-5-20(6-8-21)25-16-24-27(33-25)30-19-31-28(24)36-12-14-40-15-13-36/h3-10,16-17,19,34H,11-15,18H2,1-2H3,(H,32,37)(H,30,31,33)/b4-3+. The number of hydrogen-bond donors (Lipinski definition) is 3. The van der Waals surface area contributed by atoms with E-state index < -0.39 is 10.0 Å². The summed E-state index contributed by atoms with van der Waals surface area (Å²) in [6.07, 6.45) is 6.18. The Labute approximate surface area is 238 Å². The second-order valence-corrected chi connectivity index (χ2v) is 11.6. The highest BCUT2D eigenvalue weighted by Gasteiger charge is 2.18. The number of fused-ring (bicyclic) bond motifs is 1. The van der Waals surface area contributed by atoms with Gasteiger partial charge >= 0.3 is 0 Å². The number of nitrogens with zero attached hydrogens (tertiary/aromatic N) is 5. The number of carbonyl (C=O) groups excluding carboxylic acids is 1. The molecule has 1 saturated heterocycles. The maximum atomic E-state index is 12.8. The molecular weight excluding hydrogens is 544 g/mol. The van der Waals surface area contributed by atoms with E-state index in [4.69, 9.17) is 4.74 Å². The Balaban J connectivity index is 1.21. The molecule has 0 bridgehead atoms. The van der Waals surface area contributed by atoms with Crippen molar-refractivity contribution in [3.05, 3.63) is 72.8 Å². The molecular formula is C28H32N8O4S. The van der Waals surface area contributed by atoms with E-state index >= 15 is 0 Å². The number of rotatable bonds is 10. The number of H-pyrrole nitrogens is 1. The van der Waals surface area contributed by atoms with Gasteiger partial charge in [-0.05, 0) is 50.0 Å². The second-order valence-electron chi connectivity index (χ2n) is 9.87. The minimum atomic E-state index is -3.72. The van der Waals surface area contributed by atoms with Crippen molar-refractivity contribution in [1.29, 1.82) is 0 Å². The summed E-state index contributed by atoms with van der Waals surface area (Å²) in [6, 6.07) is 12.3. The zero-order valence-corrected chi connectivity index (χ0v) is 23.7. The Morgan fingerprint density at radius 2 is 1.83 bits per heavy atom. The van der Waals surface area contributed by atoms with Gasteiger partial charge in [-0.25, -0.2) is 18.4 Å². The highest BCUT2D eigenvalue weighted by Crippen LogP contribution is 2.30. The fourth-order valence-corrected chi connectivity index (χ4v) is 5.50. The van der Waals surface area contributed by atoms with E-state index in [1.54, 1.807) is 36.7 Å². The molecule has 214 valence electrons. The van der Waals surface area contributed by atoms with E-state index in [9.17, 15) is 13.2 Å². The number of morpholine rings is 1. The number of hydrogen-bond acceptors (Lipinski definition) is 9. The summed E-state index contributed by atoms with van der Waals surface area (Å²) < 4.78 is 33.7. The summed E-state index contributed by atoms with van der Waals surface area (Å²) in [7, 11) is 0.0995. The molecule has 0 spiro atoms. The van der Waals surface area contributed by atoms with E-state index in [0.29, 0.717) is 36.8 Å². The quantitative estimate of drug-likeness (QED) is 0.243. The number of pyridine rings is 1. The van der Waals surface area contributed by atoms with Crippen LogP contribution in [0.25, 0.3) is 22.3 Å². The second kappa shape index (κ2) is 12.5. The number of sulfonamides is 1. The molecule has 0 aliphatic carbocycles. The first-order chi connectivity index (χ1) is 19.8. The molecule has 3 N–H and O–H groups in total. The molecule has 13 heteroatoms. The predicted octanol–water partition coefficient (Wildman–Crippen LogP) is 2.85. The third-order valence-electron chi connectivity index (χ3n) is 6.35. The maximum Gasteiger partial charge on any atom is 0.248 e. The summed E-state index contributed by atoms with van der Waals surface area (Å²) >= 11 is 0. The predicted molar refractivity (Wildman–Crippen MR) is 159 cm³/mol. The minimum Gasteiger partial charge on any atom is -0.378 e. The molecule has 4 heterocycles. The normalized spacial score (nSPS) is 14.2. The zero-order valence-electron chi connectivity index (χ0n) is 22.9. The number of likely N-dealkylation sites (N-methyl/N-ethyl adjacent to an activating group) is 1. The van der Waals surface area contributed by atoms with Crippen LogP contribution in [0.5, 0.6) is 0 Å². The first-order valence-corrected chi connectivity index (χ1v) is 14.8. The van der Waals surface area contributed by atoms with Crippen LogP contribution in [0, 0.1) is 0 Å². The van der Waals surface area contributed by atoms with Gasteiger partial charge < -0.3 is 24.8 Å². The van der Waals surface area contributed by atoms with Crippen LogP contribution in [0.3, 0.4) is 0 Å². The number of ether oxygens (including phenoxy) is 1. The van der Waals surface area contributed by atoms with Gasteiger partial charge in [0.05, 0.1) is 36.2 Å². The van der Waals surface area contributed by atoms with Crippen LogP contribution in [0.2, 0.25) is 0 Å². The van der Waals surface area contributed by atoms with Crippen LogP contribution in [0.4, 0.5) is 17.2 Å². The zero-order chi connectivity index (χ0) is 28.8. The Morgan fingerprint density at radius 1 is 1.07 bits per heavy atom. The van der Waals surface area contributed by atoms with Crippen molar-refractivity contribution in [3.8, 4) is 11.3 Å². The Kier molecular flexibility index (Phi) is 8.57. The van der Waals surface area contributed by atoms with Crippen LogP contribution in [-0.4, -0.2) is 86.1 Å². The number of anilines is 3. The number of aromatic amines is 1. The van der Waals surface area contributed by atoms with Crippen molar-refractivity contribution in [3.63, 3.8) is 0 Å². The summed E-state index contributed by atoms with van der Waals surface area (Å²) in [5.74, 6) is 0.277. The monoisotopic (exact) mass is 576 g/mol. The van der Waals surface area contributed by atoms with Gasteiger partial charge in [-0.15, -0.1) is 0 Å². The van der Waals surface area contributed by atoms with Crippen molar-refractivity contribution in [2.75, 3.05) is 61.9 Å². The topological polar surface area (TPSA) is 145 Å². The van der Waals surface area contributed by atoms with E-state index in [0.717, 1.165) is 41.2 Å². The molecule has 1 aliphatic heterocycles. The molecule has 1 aliphatic rings. The maximum absolute atomic E-state index is 12.8. The van der Waals surface area contributed by atoms with E-state index in [1.165, 1.54) is 12.3 Å². The molecule has 5 rings (SSSR count). The SMILES string of the molecule is CN(C)C/C=C/C(=O)Nc1ccc(CS(=O)(=O)Nc2ccc(-c3cc4c(N5CCOCC5)ncnc4[nH]3)cc2)nc1. The lowest BCUT2D eigenvalue weighted by Crippen LogP contribution is -2.36. The smallest absolute Gasteiger partial charge is 0.248 e. The van der Waals surface area contributed by atoms with Crippen molar-refractivity contribution >= 4 is 44.2 Å². The average molecular weight is 577 g/mol. The first-order valence-electron chi connectivity index (χ1n) is 13.1. The molecule has 41 heavy (non-hydrogen) atoms. The van der Waals surface area contributed by atoms with Gasteiger partial charge in [0.25, 0.3) is 0 Å². The van der Waals surface area contributed by atoms with Gasteiger partial charge in [-0.1, -0.05) is 18.2 Å². The van der Waals surface area contributed by atoms with Gasteiger partial charge in [0.1, 0.15) is 23.5 Å². The molecule has 1 amide bonds. The van der Waals surface area contributed by atoms with Gasteiger partial charge in [0.2, 0.25) is 15.9 Å². The number of amides is 1. The fourth-order valence-electron chi connectivity index (χ4n) is 4.38. The fraction of sp³-hybridized carbons (Fsp3) is 0.286.